The molecule has 0 aliphatic carbocycles. The van der Waals surface area contributed by atoms with Crippen molar-refractivity contribution < 1.29 is 4.42 Å². The van der Waals surface area contributed by atoms with Crippen LogP contribution >= 0.6 is 0 Å². The number of rotatable bonds is 10. The first-order chi connectivity index (χ1) is 9.08. The Morgan fingerprint density at radius 2 is 1.84 bits per heavy atom. The first-order valence-electron chi connectivity index (χ1n) is 7.35. The Morgan fingerprint density at radius 3 is 2.53 bits per heavy atom. The minimum Gasteiger partial charge on any atom is -0.407 e. The molecule has 110 valence electrons. The molecule has 0 atom stereocenters. The van der Waals surface area contributed by atoms with Crippen molar-refractivity contribution >= 4 is 6.01 Å². The lowest BCUT2D eigenvalue weighted by Crippen LogP contribution is -2.19. The third-order valence-corrected chi connectivity index (χ3v) is 2.78. The van der Waals surface area contributed by atoms with Crippen LogP contribution in [0.25, 0.3) is 0 Å². The van der Waals surface area contributed by atoms with E-state index >= 15 is 0 Å². The first kappa shape index (κ1) is 16.0. The lowest BCUT2D eigenvalue weighted by molar-refractivity contribution is 0.457. The van der Waals surface area contributed by atoms with Gasteiger partial charge >= 0.3 is 6.01 Å². The molecular weight excluding hydrogens is 240 g/mol. The van der Waals surface area contributed by atoms with Crippen LogP contribution in [0, 0.1) is 11.8 Å². The molecule has 0 aliphatic heterocycles. The summed E-state index contributed by atoms with van der Waals surface area (Å²) in [5.74, 6) is 2.05. The van der Waals surface area contributed by atoms with Crippen LogP contribution in [-0.4, -0.2) is 23.3 Å². The molecule has 0 saturated carbocycles. The van der Waals surface area contributed by atoms with Crippen LogP contribution in [0.4, 0.5) is 6.01 Å². The van der Waals surface area contributed by atoms with Crippen molar-refractivity contribution in [2.75, 3.05) is 18.4 Å². The van der Waals surface area contributed by atoms with Gasteiger partial charge in [-0.2, -0.15) is 0 Å². The highest BCUT2D eigenvalue weighted by Gasteiger charge is 2.05. The number of nitrogens with zero attached hydrogens (tertiary/aromatic N) is 2. The molecule has 1 rings (SSSR count). The van der Waals surface area contributed by atoms with E-state index in [0.717, 1.165) is 25.4 Å². The molecule has 0 radical (unpaired) electrons. The van der Waals surface area contributed by atoms with Crippen LogP contribution in [0.2, 0.25) is 0 Å². The molecule has 0 unspecified atom stereocenters. The lowest BCUT2D eigenvalue weighted by Gasteiger charge is -2.04. The van der Waals surface area contributed by atoms with Gasteiger partial charge in [-0.05, 0) is 24.8 Å². The summed E-state index contributed by atoms with van der Waals surface area (Å²) in [5, 5.41) is 14.4. The maximum absolute atomic E-state index is 5.50. The molecule has 2 N–H and O–H groups in total. The molecule has 5 nitrogen and oxygen atoms in total. The molecule has 0 saturated heterocycles. The molecule has 0 fully saturated rings. The van der Waals surface area contributed by atoms with Crippen molar-refractivity contribution in [3.8, 4) is 0 Å². The molecule has 0 spiro atoms. The highest BCUT2D eigenvalue weighted by atomic mass is 16.4. The zero-order chi connectivity index (χ0) is 14.1. The molecule has 19 heavy (non-hydrogen) atoms. The summed E-state index contributed by atoms with van der Waals surface area (Å²) >= 11 is 0. The maximum Gasteiger partial charge on any atom is 0.315 e. The molecule has 0 bridgehead atoms. The van der Waals surface area contributed by atoms with E-state index in [9.17, 15) is 0 Å². The van der Waals surface area contributed by atoms with Gasteiger partial charge in [-0.3, -0.25) is 0 Å². The van der Waals surface area contributed by atoms with E-state index in [1.165, 1.54) is 12.8 Å². The van der Waals surface area contributed by atoms with E-state index in [0.29, 0.717) is 24.4 Å². The molecule has 1 aromatic rings. The Morgan fingerprint density at radius 1 is 1.05 bits per heavy atom. The summed E-state index contributed by atoms with van der Waals surface area (Å²) in [6.45, 7) is 11.3. The first-order valence-corrected chi connectivity index (χ1v) is 7.35. The van der Waals surface area contributed by atoms with Gasteiger partial charge < -0.3 is 15.1 Å². The lowest BCUT2D eigenvalue weighted by atomic mass is 10.1. The molecule has 0 amide bonds. The Balaban J connectivity index is 2.12. The van der Waals surface area contributed by atoms with E-state index in [2.05, 4.69) is 48.5 Å². The van der Waals surface area contributed by atoms with Crippen LogP contribution in [0.15, 0.2) is 4.42 Å². The Labute approximate surface area is 116 Å². The summed E-state index contributed by atoms with van der Waals surface area (Å²) in [7, 11) is 0. The summed E-state index contributed by atoms with van der Waals surface area (Å²) in [6, 6.07) is 0.533. The normalized spacial score (nSPS) is 11.5. The van der Waals surface area contributed by atoms with Crippen molar-refractivity contribution in [2.45, 2.75) is 53.5 Å². The third kappa shape index (κ3) is 7.82. The van der Waals surface area contributed by atoms with Gasteiger partial charge in [0, 0.05) is 6.54 Å². The van der Waals surface area contributed by atoms with Crippen molar-refractivity contribution in [1.29, 1.82) is 0 Å². The van der Waals surface area contributed by atoms with Gasteiger partial charge in [0.05, 0.1) is 6.54 Å². The monoisotopic (exact) mass is 268 g/mol. The van der Waals surface area contributed by atoms with Crippen molar-refractivity contribution in [1.82, 2.24) is 15.5 Å². The van der Waals surface area contributed by atoms with E-state index in [4.69, 9.17) is 4.42 Å². The average molecular weight is 268 g/mol. The largest absolute Gasteiger partial charge is 0.407 e. The van der Waals surface area contributed by atoms with Gasteiger partial charge in [-0.1, -0.05) is 45.6 Å². The van der Waals surface area contributed by atoms with Crippen LogP contribution in [0.3, 0.4) is 0 Å². The standard InChI is InChI=1S/C14H28N4O/c1-11(2)7-5-6-8-16-14-18-17-13(19-14)10-15-9-12(3)4/h11-12,15H,5-10H2,1-4H3,(H,16,18). The van der Waals surface area contributed by atoms with Crippen molar-refractivity contribution in [2.24, 2.45) is 11.8 Å². The van der Waals surface area contributed by atoms with Crippen LogP contribution in [0.5, 0.6) is 0 Å². The number of hydrogen-bond acceptors (Lipinski definition) is 5. The topological polar surface area (TPSA) is 63.0 Å². The zero-order valence-corrected chi connectivity index (χ0v) is 12.7. The summed E-state index contributed by atoms with van der Waals surface area (Å²) in [4.78, 5) is 0. The van der Waals surface area contributed by atoms with Crippen molar-refractivity contribution in [3.05, 3.63) is 5.89 Å². The Kier molecular flexibility index (Phi) is 7.48. The van der Waals surface area contributed by atoms with E-state index in [-0.39, 0.29) is 0 Å². The van der Waals surface area contributed by atoms with E-state index in [1.807, 2.05) is 0 Å². The Hall–Kier alpha value is -1.10. The zero-order valence-electron chi connectivity index (χ0n) is 12.7. The van der Waals surface area contributed by atoms with Crippen LogP contribution < -0.4 is 10.6 Å². The average Bonchev–Trinajstić information content (AvgIpc) is 2.76. The second-order valence-corrected chi connectivity index (χ2v) is 5.84. The van der Waals surface area contributed by atoms with Gasteiger partial charge in [0.2, 0.25) is 5.89 Å². The fourth-order valence-corrected chi connectivity index (χ4v) is 1.74. The summed E-state index contributed by atoms with van der Waals surface area (Å²) in [5.41, 5.74) is 0. The minimum absolute atomic E-state index is 0.533. The van der Waals surface area contributed by atoms with Gasteiger partial charge in [-0.15, -0.1) is 5.10 Å². The fourth-order valence-electron chi connectivity index (χ4n) is 1.74. The van der Waals surface area contributed by atoms with E-state index in [1.54, 1.807) is 0 Å². The molecular formula is C14H28N4O. The number of hydrogen-bond donors (Lipinski definition) is 2. The number of unbranched alkanes of at least 4 members (excludes halogenated alkanes) is 1. The second-order valence-electron chi connectivity index (χ2n) is 5.84. The smallest absolute Gasteiger partial charge is 0.315 e. The number of aromatic nitrogens is 2. The van der Waals surface area contributed by atoms with Gasteiger partial charge in [-0.25, -0.2) is 0 Å². The molecule has 0 aromatic carbocycles. The fraction of sp³-hybridized carbons (Fsp3) is 0.857. The van der Waals surface area contributed by atoms with Crippen LogP contribution in [0.1, 0.15) is 52.8 Å². The number of anilines is 1. The predicted molar refractivity (Wildman–Crippen MR) is 78.0 cm³/mol. The van der Waals surface area contributed by atoms with Crippen LogP contribution in [-0.2, 0) is 6.54 Å². The van der Waals surface area contributed by atoms with Gasteiger partial charge in [0.15, 0.2) is 0 Å². The van der Waals surface area contributed by atoms with Gasteiger partial charge in [0.1, 0.15) is 0 Å². The third-order valence-electron chi connectivity index (χ3n) is 2.78. The Bertz CT molecular complexity index is 336. The summed E-state index contributed by atoms with van der Waals surface area (Å²) in [6.07, 6.45) is 3.65. The molecule has 1 aromatic heterocycles. The van der Waals surface area contributed by atoms with E-state index < -0.39 is 0 Å². The predicted octanol–water partition coefficient (Wildman–Crippen LogP) is 3.05. The second kappa shape index (κ2) is 8.91. The van der Waals surface area contributed by atoms with Gasteiger partial charge in [0.25, 0.3) is 0 Å². The summed E-state index contributed by atoms with van der Waals surface area (Å²) < 4.78 is 5.50. The highest BCUT2D eigenvalue weighted by molar-refractivity contribution is 5.16. The minimum atomic E-state index is 0.533. The highest BCUT2D eigenvalue weighted by Crippen LogP contribution is 2.08. The molecule has 5 heteroatoms. The molecule has 1 heterocycles. The maximum atomic E-state index is 5.50. The number of nitrogens with one attached hydrogen (secondary N) is 2. The van der Waals surface area contributed by atoms with Crippen molar-refractivity contribution in [3.63, 3.8) is 0 Å². The quantitative estimate of drug-likeness (QED) is 0.639. The molecule has 0 aliphatic rings. The SMILES string of the molecule is CC(C)CCCCNc1nnc(CNCC(C)C)o1.